The summed E-state index contributed by atoms with van der Waals surface area (Å²) >= 11 is 0. The number of benzene rings is 1. The average Bonchev–Trinajstić information content (AvgIpc) is 3.10. The smallest absolute Gasteiger partial charge is 0.160 e. The van der Waals surface area contributed by atoms with Crippen molar-refractivity contribution >= 4 is 22.4 Å². The van der Waals surface area contributed by atoms with E-state index in [2.05, 4.69) is 49.4 Å². The lowest BCUT2D eigenvalue weighted by Crippen LogP contribution is -2.39. The van der Waals surface area contributed by atoms with Crippen molar-refractivity contribution in [3.8, 4) is 11.4 Å². The van der Waals surface area contributed by atoms with Crippen LogP contribution < -0.4 is 15.4 Å². The highest BCUT2D eigenvalue weighted by Crippen LogP contribution is 2.38. The first-order valence-corrected chi connectivity index (χ1v) is 11.0. The van der Waals surface area contributed by atoms with Gasteiger partial charge in [0.05, 0.1) is 30.9 Å². The van der Waals surface area contributed by atoms with Gasteiger partial charge in [0.15, 0.2) is 5.82 Å². The number of nitrogens with one attached hydrogen (secondary N) is 2. The maximum absolute atomic E-state index is 5.61. The SMILES string of the molecule is CCOc1ccc(-n2c(C)c3c(C)nnc(NCCN4CCOCC4)c3c2NC)cc1. The van der Waals surface area contributed by atoms with Crippen LogP contribution in [-0.4, -0.2) is 72.7 Å². The van der Waals surface area contributed by atoms with Gasteiger partial charge < -0.3 is 20.1 Å². The fourth-order valence-corrected chi connectivity index (χ4v) is 4.29. The van der Waals surface area contributed by atoms with Crippen LogP contribution in [0.4, 0.5) is 11.6 Å². The van der Waals surface area contributed by atoms with Gasteiger partial charge in [0.25, 0.3) is 0 Å². The van der Waals surface area contributed by atoms with E-state index in [0.29, 0.717) is 6.61 Å². The van der Waals surface area contributed by atoms with Crippen molar-refractivity contribution in [3.05, 3.63) is 35.7 Å². The summed E-state index contributed by atoms with van der Waals surface area (Å²) in [5.41, 5.74) is 3.12. The minimum absolute atomic E-state index is 0.656. The molecule has 0 radical (unpaired) electrons. The van der Waals surface area contributed by atoms with Crippen LogP contribution in [0.1, 0.15) is 18.3 Å². The summed E-state index contributed by atoms with van der Waals surface area (Å²) in [5.74, 6) is 2.69. The highest BCUT2D eigenvalue weighted by Gasteiger charge is 2.21. The second kappa shape index (κ2) is 9.53. The summed E-state index contributed by atoms with van der Waals surface area (Å²) in [6, 6.07) is 8.18. The Bertz CT molecular complexity index is 1020. The molecule has 0 amide bonds. The molecule has 1 fully saturated rings. The number of anilines is 2. The van der Waals surface area contributed by atoms with E-state index >= 15 is 0 Å². The maximum Gasteiger partial charge on any atom is 0.160 e. The molecule has 3 aromatic rings. The molecule has 0 saturated carbocycles. The van der Waals surface area contributed by atoms with Crippen molar-refractivity contribution in [2.45, 2.75) is 20.8 Å². The van der Waals surface area contributed by atoms with Gasteiger partial charge in [-0.15, -0.1) is 5.10 Å². The summed E-state index contributed by atoms with van der Waals surface area (Å²) in [7, 11) is 1.95. The van der Waals surface area contributed by atoms with Gasteiger partial charge in [0, 0.05) is 50.0 Å². The number of ether oxygens (including phenoxy) is 2. The topological polar surface area (TPSA) is 76.5 Å². The van der Waals surface area contributed by atoms with E-state index in [4.69, 9.17) is 9.47 Å². The highest BCUT2D eigenvalue weighted by atomic mass is 16.5. The summed E-state index contributed by atoms with van der Waals surface area (Å²) in [5, 5.41) is 18.1. The molecule has 2 N–H and O–H groups in total. The Morgan fingerprint density at radius 1 is 1.06 bits per heavy atom. The van der Waals surface area contributed by atoms with Crippen molar-refractivity contribution in [2.75, 3.05) is 63.7 Å². The highest BCUT2D eigenvalue weighted by molar-refractivity contribution is 6.05. The van der Waals surface area contributed by atoms with Crippen molar-refractivity contribution in [2.24, 2.45) is 0 Å². The van der Waals surface area contributed by atoms with Crippen LogP contribution in [0.25, 0.3) is 16.5 Å². The number of hydrogen-bond acceptors (Lipinski definition) is 7. The second-order valence-corrected chi connectivity index (χ2v) is 7.71. The first kappa shape index (κ1) is 21.4. The lowest BCUT2D eigenvalue weighted by atomic mass is 10.2. The predicted molar refractivity (Wildman–Crippen MR) is 125 cm³/mol. The fourth-order valence-electron chi connectivity index (χ4n) is 4.29. The average molecular weight is 425 g/mol. The van der Waals surface area contributed by atoms with E-state index in [0.717, 1.165) is 84.6 Å². The quantitative estimate of drug-likeness (QED) is 0.575. The Hall–Kier alpha value is -2.84. The molecule has 4 rings (SSSR count). The van der Waals surface area contributed by atoms with Crippen molar-refractivity contribution in [1.29, 1.82) is 0 Å². The Morgan fingerprint density at radius 3 is 2.48 bits per heavy atom. The van der Waals surface area contributed by atoms with Crippen molar-refractivity contribution < 1.29 is 9.47 Å². The number of morpholine rings is 1. The van der Waals surface area contributed by atoms with Gasteiger partial charge in [-0.25, -0.2) is 0 Å². The van der Waals surface area contributed by atoms with E-state index in [9.17, 15) is 0 Å². The number of nitrogens with zero attached hydrogens (tertiary/aromatic N) is 4. The lowest BCUT2D eigenvalue weighted by Gasteiger charge is -2.26. The minimum atomic E-state index is 0.656. The first-order chi connectivity index (χ1) is 15.1. The van der Waals surface area contributed by atoms with Crippen LogP contribution in [0.5, 0.6) is 5.75 Å². The van der Waals surface area contributed by atoms with E-state index in [1.165, 1.54) is 0 Å². The molecule has 0 aliphatic carbocycles. The molecular formula is C23H32N6O2. The molecule has 1 saturated heterocycles. The summed E-state index contributed by atoms with van der Waals surface area (Å²) in [4.78, 5) is 2.41. The number of rotatable bonds is 8. The van der Waals surface area contributed by atoms with Gasteiger partial charge in [-0.05, 0) is 45.0 Å². The summed E-state index contributed by atoms with van der Waals surface area (Å²) in [6.45, 7) is 12.1. The van der Waals surface area contributed by atoms with Crippen LogP contribution in [0, 0.1) is 13.8 Å². The Labute approximate surface area is 183 Å². The van der Waals surface area contributed by atoms with Crippen molar-refractivity contribution in [3.63, 3.8) is 0 Å². The Balaban J connectivity index is 1.68. The molecule has 0 spiro atoms. The third kappa shape index (κ3) is 4.31. The molecule has 0 bridgehead atoms. The molecule has 0 atom stereocenters. The second-order valence-electron chi connectivity index (χ2n) is 7.71. The predicted octanol–water partition coefficient (Wildman–Crippen LogP) is 3.22. The molecule has 1 aliphatic rings. The van der Waals surface area contributed by atoms with E-state index in [-0.39, 0.29) is 0 Å². The third-order valence-electron chi connectivity index (χ3n) is 5.77. The minimum Gasteiger partial charge on any atom is -0.494 e. The Kier molecular flexibility index (Phi) is 6.58. The van der Waals surface area contributed by atoms with Crippen LogP contribution in [0.3, 0.4) is 0 Å². The van der Waals surface area contributed by atoms with Gasteiger partial charge in [0.1, 0.15) is 11.6 Å². The van der Waals surface area contributed by atoms with Gasteiger partial charge in [-0.1, -0.05) is 0 Å². The van der Waals surface area contributed by atoms with Gasteiger partial charge in [0.2, 0.25) is 0 Å². The van der Waals surface area contributed by atoms with Crippen LogP contribution in [0.2, 0.25) is 0 Å². The normalized spacial score (nSPS) is 14.7. The molecule has 8 heteroatoms. The van der Waals surface area contributed by atoms with Gasteiger partial charge in [-0.3, -0.25) is 9.47 Å². The van der Waals surface area contributed by atoms with E-state index in [1.807, 2.05) is 33.0 Å². The largest absolute Gasteiger partial charge is 0.494 e. The maximum atomic E-state index is 5.61. The number of hydrogen-bond donors (Lipinski definition) is 2. The fraction of sp³-hybridized carbons (Fsp3) is 0.478. The molecule has 1 aromatic carbocycles. The molecule has 2 aromatic heterocycles. The van der Waals surface area contributed by atoms with Gasteiger partial charge in [-0.2, -0.15) is 5.10 Å². The number of fused-ring (bicyclic) bond motifs is 1. The molecular weight excluding hydrogens is 392 g/mol. The summed E-state index contributed by atoms with van der Waals surface area (Å²) < 4.78 is 13.3. The van der Waals surface area contributed by atoms with Crippen LogP contribution >= 0.6 is 0 Å². The van der Waals surface area contributed by atoms with E-state index < -0.39 is 0 Å². The summed E-state index contributed by atoms with van der Waals surface area (Å²) in [6.07, 6.45) is 0. The monoisotopic (exact) mass is 424 g/mol. The van der Waals surface area contributed by atoms with E-state index in [1.54, 1.807) is 0 Å². The van der Waals surface area contributed by atoms with Crippen molar-refractivity contribution in [1.82, 2.24) is 19.7 Å². The zero-order chi connectivity index (χ0) is 21.8. The number of aromatic nitrogens is 3. The number of aryl methyl sites for hydroxylation is 2. The standard InChI is InChI=1S/C23H32N6O2/c1-5-31-19-8-6-18(7-9-19)29-17(3)20-16(2)26-27-22(21(20)23(29)24-4)25-10-11-28-12-14-30-15-13-28/h6-9,24H,5,10-15H2,1-4H3,(H,25,27). The molecule has 31 heavy (non-hydrogen) atoms. The van der Waals surface area contributed by atoms with Gasteiger partial charge >= 0.3 is 0 Å². The molecule has 0 unspecified atom stereocenters. The zero-order valence-corrected chi connectivity index (χ0v) is 18.9. The molecule has 166 valence electrons. The molecule has 8 nitrogen and oxygen atoms in total. The van der Waals surface area contributed by atoms with Crippen LogP contribution in [0.15, 0.2) is 24.3 Å². The first-order valence-electron chi connectivity index (χ1n) is 11.0. The zero-order valence-electron chi connectivity index (χ0n) is 18.9. The molecule has 1 aliphatic heterocycles. The Morgan fingerprint density at radius 2 is 1.81 bits per heavy atom. The molecule has 3 heterocycles. The third-order valence-corrected chi connectivity index (χ3v) is 5.77. The lowest BCUT2D eigenvalue weighted by molar-refractivity contribution is 0.0398. The van der Waals surface area contributed by atoms with Crippen LogP contribution in [-0.2, 0) is 4.74 Å².